The van der Waals surface area contributed by atoms with Gasteiger partial charge >= 0.3 is 0 Å². The van der Waals surface area contributed by atoms with Crippen LogP contribution in [0, 0.1) is 5.92 Å². The number of amides is 2. The van der Waals surface area contributed by atoms with E-state index < -0.39 is 0 Å². The summed E-state index contributed by atoms with van der Waals surface area (Å²) in [5.41, 5.74) is 6.21. The van der Waals surface area contributed by atoms with Gasteiger partial charge in [-0.15, -0.1) is 11.3 Å². The molecule has 0 aliphatic rings. The molecule has 7 nitrogen and oxygen atoms in total. The van der Waals surface area contributed by atoms with Crippen LogP contribution in [0.4, 0.5) is 0 Å². The number of carbonyl (C=O) groups is 3. The predicted octanol–water partition coefficient (Wildman–Crippen LogP) is 2.99. The molecule has 172 valence electrons. The molecule has 2 aromatic rings. The average Bonchev–Trinajstić information content (AvgIpc) is 3.23. The second-order valence-electron chi connectivity index (χ2n) is 7.20. The van der Waals surface area contributed by atoms with Crippen molar-refractivity contribution in [3.63, 3.8) is 0 Å². The zero-order chi connectivity index (χ0) is 23.6. The zero-order valence-corrected chi connectivity index (χ0v) is 19.8. The molecule has 0 saturated heterocycles. The van der Waals surface area contributed by atoms with Crippen molar-refractivity contribution in [1.29, 1.82) is 0 Å². The van der Waals surface area contributed by atoms with E-state index in [2.05, 4.69) is 47.3 Å². The molecular formula is C23H36N4O3S. The predicted molar refractivity (Wildman–Crippen MR) is 127 cm³/mol. The van der Waals surface area contributed by atoms with Crippen LogP contribution in [0.2, 0.25) is 0 Å². The lowest BCUT2D eigenvalue weighted by Crippen LogP contribution is -2.37. The van der Waals surface area contributed by atoms with Gasteiger partial charge in [-0.1, -0.05) is 44.2 Å². The lowest BCUT2D eigenvalue weighted by atomic mass is 9.97. The molecule has 0 fully saturated rings. The molecule has 0 spiro atoms. The number of rotatable bonds is 10. The molecule has 1 atom stereocenters. The molecular weight excluding hydrogens is 412 g/mol. The first-order valence-corrected chi connectivity index (χ1v) is 11.2. The minimum atomic E-state index is -0.110. The molecule has 1 heterocycles. The summed E-state index contributed by atoms with van der Waals surface area (Å²) in [7, 11) is 1.50. The lowest BCUT2D eigenvalue weighted by Gasteiger charge is -2.20. The highest BCUT2D eigenvalue weighted by Crippen LogP contribution is 2.15. The van der Waals surface area contributed by atoms with Crippen molar-refractivity contribution >= 4 is 29.9 Å². The summed E-state index contributed by atoms with van der Waals surface area (Å²) in [4.78, 5) is 36.0. The smallest absolute Gasteiger partial charge is 0.270 e. The Labute approximate surface area is 189 Å². The Morgan fingerprint density at radius 1 is 1.16 bits per heavy atom. The third kappa shape index (κ3) is 12.7. The van der Waals surface area contributed by atoms with Gasteiger partial charge < -0.3 is 21.2 Å². The van der Waals surface area contributed by atoms with Gasteiger partial charge in [-0.25, -0.2) is 4.98 Å². The number of aromatic nitrogens is 1. The van der Waals surface area contributed by atoms with Gasteiger partial charge in [0.1, 0.15) is 12.5 Å². The highest BCUT2D eigenvalue weighted by molar-refractivity contribution is 7.09. The van der Waals surface area contributed by atoms with E-state index in [9.17, 15) is 9.59 Å². The lowest BCUT2D eigenvalue weighted by molar-refractivity contribution is -0.118. The SMILES string of the molecule is C=O.CC(=O)NCCCc1nc(C(=O)N[C@@H](Cc2ccccc2)CC(C)C)cs1.CN. The number of hydrogen-bond acceptors (Lipinski definition) is 6. The second kappa shape index (κ2) is 17.1. The molecule has 2 amide bonds. The van der Waals surface area contributed by atoms with Crippen LogP contribution in [0.5, 0.6) is 0 Å². The monoisotopic (exact) mass is 448 g/mol. The van der Waals surface area contributed by atoms with E-state index in [0.717, 1.165) is 30.7 Å². The maximum Gasteiger partial charge on any atom is 0.270 e. The quantitative estimate of drug-likeness (QED) is 0.484. The van der Waals surface area contributed by atoms with Crippen LogP contribution in [0.15, 0.2) is 35.7 Å². The van der Waals surface area contributed by atoms with Crippen molar-refractivity contribution in [2.45, 2.75) is 52.5 Å². The van der Waals surface area contributed by atoms with Gasteiger partial charge in [-0.2, -0.15) is 0 Å². The molecule has 0 bridgehead atoms. The van der Waals surface area contributed by atoms with Gasteiger partial charge in [0.2, 0.25) is 5.91 Å². The molecule has 0 unspecified atom stereocenters. The van der Waals surface area contributed by atoms with Gasteiger partial charge in [0.25, 0.3) is 5.91 Å². The first-order valence-electron chi connectivity index (χ1n) is 10.3. The van der Waals surface area contributed by atoms with Crippen molar-refractivity contribution < 1.29 is 14.4 Å². The molecule has 2 rings (SSSR count). The van der Waals surface area contributed by atoms with Crippen LogP contribution < -0.4 is 16.4 Å². The Bertz CT molecular complexity index is 750. The maximum absolute atomic E-state index is 12.6. The summed E-state index contributed by atoms with van der Waals surface area (Å²) >= 11 is 1.50. The van der Waals surface area contributed by atoms with E-state index in [1.54, 1.807) is 0 Å². The van der Waals surface area contributed by atoms with Gasteiger partial charge in [-0.3, -0.25) is 9.59 Å². The van der Waals surface area contributed by atoms with Crippen molar-refractivity contribution in [2.75, 3.05) is 13.6 Å². The number of hydrogen-bond donors (Lipinski definition) is 3. The fraction of sp³-hybridized carbons (Fsp3) is 0.478. The van der Waals surface area contributed by atoms with Gasteiger partial charge in [0.05, 0.1) is 5.01 Å². The third-order valence-corrected chi connectivity index (χ3v) is 5.05. The third-order valence-electron chi connectivity index (χ3n) is 4.14. The van der Waals surface area contributed by atoms with Gasteiger partial charge in [0.15, 0.2) is 0 Å². The summed E-state index contributed by atoms with van der Waals surface area (Å²) in [5, 5.41) is 8.67. The number of nitrogens with two attached hydrogens (primary N) is 1. The Kier molecular flexibility index (Phi) is 15.7. The molecule has 0 aliphatic carbocycles. The van der Waals surface area contributed by atoms with Crippen LogP contribution >= 0.6 is 11.3 Å². The standard InChI is InChI=1S/C21H29N3O2S.CH5N.CH2O/c1-15(2)12-18(13-17-8-5-4-6-9-17)23-21(26)19-14-27-20(24-19)10-7-11-22-16(3)25;2*1-2/h4-6,8-9,14-15,18H,7,10-13H2,1-3H3,(H,22,25)(H,23,26);2H2,1H3;1H2/t18-;;/m1../s1. The van der Waals surface area contributed by atoms with Crippen LogP contribution in [0.25, 0.3) is 0 Å². The van der Waals surface area contributed by atoms with Crippen LogP contribution in [-0.2, 0) is 22.4 Å². The van der Waals surface area contributed by atoms with Crippen molar-refractivity contribution in [3.8, 4) is 0 Å². The average molecular weight is 449 g/mol. The number of carbonyl (C=O) groups excluding carboxylic acids is 3. The Balaban J connectivity index is 0.00000212. The van der Waals surface area contributed by atoms with Crippen LogP contribution in [-0.4, -0.2) is 43.2 Å². The van der Waals surface area contributed by atoms with Crippen molar-refractivity contribution in [3.05, 3.63) is 52.0 Å². The molecule has 4 N–H and O–H groups in total. The number of nitrogens with zero attached hydrogens (tertiary/aromatic N) is 1. The normalized spacial score (nSPS) is 10.8. The number of benzene rings is 1. The highest BCUT2D eigenvalue weighted by Gasteiger charge is 2.18. The topological polar surface area (TPSA) is 114 Å². The summed E-state index contributed by atoms with van der Waals surface area (Å²) in [5.74, 6) is 0.364. The molecule has 31 heavy (non-hydrogen) atoms. The van der Waals surface area contributed by atoms with Crippen molar-refractivity contribution in [2.24, 2.45) is 11.7 Å². The van der Waals surface area contributed by atoms with Crippen LogP contribution in [0.1, 0.15) is 54.7 Å². The second-order valence-corrected chi connectivity index (χ2v) is 8.15. The molecule has 0 radical (unpaired) electrons. The highest BCUT2D eigenvalue weighted by atomic mass is 32.1. The summed E-state index contributed by atoms with van der Waals surface area (Å²) < 4.78 is 0. The zero-order valence-electron chi connectivity index (χ0n) is 19.0. The Morgan fingerprint density at radius 3 is 2.39 bits per heavy atom. The summed E-state index contributed by atoms with van der Waals surface area (Å²) in [6, 6.07) is 10.3. The fourth-order valence-electron chi connectivity index (χ4n) is 2.95. The molecule has 8 heteroatoms. The molecule has 1 aromatic carbocycles. The van der Waals surface area contributed by atoms with E-state index >= 15 is 0 Å². The van der Waals surface area contributed by atoms with Crippen molar-refractivity contribution in [1.82, 2.24) is 15.6 Å². The Hall–Kier alpha value is -2.58. The molecule has 1 aromatic heterocycles. The minimum absolute atomic E-state index is 0.0242. The number of aryl methyl sites for hydroxylation is 1. The van der Waals surface area contributed by atoms with Crippen LogP contribution in [0.3, 0.4) is 0 Å². The summed E-state index contributed by atoms with van der Waals surface area (Å²) in [6.07, 6.45) is 3.32. The molecule has 0 aliphatic heterocycles. The Morgan fingerprint density at radius 2 is 1.81 bits per heavy atom. The van der Waals surface area contributed by atoms with E-state index in [-0.39, 0.29) is 17.9 Å². The van der Waals surface area contributed by atoms with Gasteiger partial charge in [0, 0.05) is 31.3 Å². The largest absolute Gasteiger partial charge is 0.356 e. The number of thiazole rings is 1. The maximum atomic E-state index is 12.6. The van der Waals surface area contributed by atoms with E-state index in [0.29, 0.717) is 18.2 Å². The fourth-order valence-corrected chi connectivity index (χ4v) is 3.77. The minimum Gasteiger partial charge on any atom is -0.356 e. The number of nitrogens with one attached hydrogen (secondary N) is 2. The molecule has 0 saturated carbocycles. The first kappa shape index (κ1) is 28.4. The van der Waals surface area contributed by atoms with E-state index in [1.165, 1.54) is 30.9 Å². The van der Waals surface area contributed by atoms with Gasteiger partial charge in [-0.05, 0) is 37.8 Å². The summed E-state index contributed by atoms with van der Waals surface area (Å²) in [6.45, 7) is 8.47. The van der Waals surface area contributed by atoms with E-state index in [1.807, 2.05) is 30.4 Å². The first-order chi connectivity index (χ1) is 14.9. The van der Waals surface area contributed by atoms with E-state index in [4.69, 9.17) is 4.79 Å².